The van der Waals surface area contributed by atoms with Gasteiger partial charge in [-0.2, -0.15) is 0 Å². The Balaban J connectivity index is 1.72. The third kappa shape index (κ3) is 8.02. The molecular formula is C32H37Cl2N3O5S. The number of para-hydroxylation sites is 1. The first-order valence-electron chi connectivity index (χ1n) is 14.4. The predicted octanol–water partition coefficient (Wildman–Crippen LogP) is 6.45. The molecule has 0 spiro atoms. The first-order valence-corrected chi connectivity index (χ1v) is 16.6. The molecule has 0 bridgehead atoms. The van der Waals surface area contributed by atoms with Gasteiger partial charge in [0.15, 0.2) is 0 Å². The Hall–Kier alpha value is -3.27. The number of hydrogen-bond acceptors (Lipinski definition) is 5. The number of amides is 2. The topological polar surface area (TPSA) is 96.0 Å². The zero-order valence-corrected chi connectivity index (χ0v) is 26.7. The van der Waals surface area contributed by atoms with Crippen LogP contribution in [0.15, 0.2) is 77.7 Å². The van der Waals surface area contributed by atoms with Gasteiger partial charge in [-0.1, -0.05) is 73.7 Å². The van der Waals surface area contributed by atoms with Gasteiger partial charge in [-0.3, -0.25) is 13.9 Å². The number of benzene rings is 3. The fourth-order valence-corrected chi connectivity index (χ4v) is 7.25. The fraction of sp³-hybridized carbons (Fsp3) is 0.375. The summed E-state index contributed by atoms with van der Waals surface area (Å²) >= 11 is 13.0. The van der Waals surface area contributed by atoms with Crippen LogP contribution in [0.5, 0.6) is 5.75 Å². The Morgan fingerprint density at radius 3 is 2.14 bits per heavy atom. The van der Waals surface area contributed by atoms with Crippen LogP contribution in [0.3, 0.4) is 0 Å². The van der Waals surface area contributed by atoms with Crippen LogP contribution in [-0.4, -0.2) is 50.9 Å². The van der Waals surface area contributed by atoms with Crippen LogP contribution >= 0.6 is 23.2 Å². The van der Waals surface area contributed by atoms with Gasteiger partial charge in [0.05, 0.1) is 17.7 Å². The molecule has 11 heteroatoms. The molecule has 1 atom stereocenters. The second kappa shape index (κ2) is 14.9. The zero-order chi connectivity index (χ0) is 31.0. The molecule has 0 heterocycles. The van der Waals surface area contributed by atoms with Crippen molar-refractivity contribution in [3.63, 3.8) is 0 Å². The number of sulfonamides is 1. The van der Waals surface area contributed by atoms with Crippen molar-refractivity contribution in [1.29, 1.82) is 0 Å². The minimum absolute atomic E-state index is 0.00673. The van der Waals surface area contributed by atoms with E-state index < -0.39 is 28.5 Å². The van der Waals surface area contributed by atoms with E-state index in [0.717, 1.165) is 36.4 Å². The molecule has 0 aromatic heterocycles. The van der Waals surface area contributed by atoms with Crippen molar-refractivity contribution in [2.75, 3.05) is 18.0 Å². The van der Waals surface area contributed by atoms with Crippen LogP contribution in [0.4, 0.5) is 5.69 Å². The number of hydrogen-bond donors (Lipinski definition) is 1. The lowest BCUT2D eigenvalue weighted by Gasteiger charge is -2.34. The van der Waals surface area contributed by atoms with E-state index in [0.29, 0.717) is 33.5 Å². The summed E-state index contributed by atoms with van der Waals surface area (Å²) in [5, 5.41) is 3.82. The van der Waals surface area contributed by atoms with E-state index in [2.05, 4.69) is 5.32 Å². The van der Waals surface area contributed by atoms with E-state index in [4.69, 9.17) is 27.9 Å². The van der Waals surface area contributed by atoms with E-state index in [1.165, 1.54) is 24.1 Å². The molecule has 0 saturated heterocycles. The summed E-state index contributed by atoms with van der Waals surface area (Å²) in [7, 11) is -2.70. The Bertz CT molecular complexity index is 1480. The molecule has 43 heavy (non-hydrogen) atoms. The van der Waals surface area contributed by atoms with Crippen LogP contribution in [0.2, 0.25) is 10.0 Å². The zero-order valence-electron chi connectivity index (χ0n) is 24.3. The van der Waals surface area contributed by atoms with Gasteiger partial charge in [-0.15, -0.1) is 0 Å². The molecule has 1 fully saturated rings. The lowest BCUT2D eigenvalue weighted by Crippen LogP contribution is -2.54. The monoisotopic (exact) mass is 645 g/mol. The number of rotatable bonds is 12. The first kappa shape index (κ1) is 32.6. The average Bonchev–Trinajstić information content (AvgIpc) is 3.02. The van der Waals surface area contributed by atoms with Crippen molar-refractivity contribution in [1.82, 2.24) is 10.2 Å². The first-order chi connectivity index (χ1) is 20.6. The number of nitrogens with zero attached hydrogens (tertiary/aromatic N) is 2. The minimum Gasteiger partial charge on any atom is -0.497 e. The van der Waals surface area contributed by atoms with Gasteiger partial charge in [-0.05, 0) is 67.8 Å². The maximum Gasteiger partial charge on any atom is 0.264 e. The standard InChI is InChI=1S/C32H37Cl2N3O5S/c1-3-30(32(39)35-23-11-6-4-7-12-23)36(21-27-28(33)15-10-16-29(27)34)31(38)22-37(24-13-8-5-9-14-24)43(40,41)26-19-17-25(42-2)18-20-26/h5,8-10,13-20,23,30H,3-4,6-7,11-12,21-22H2,1-2H3,(H,35,39)/t30-/m1/s1. The summed E-state index contributed by atoms with van der Waals surface area (Å²) in [6.45, 7) is 1.20. The lowest BCUT2D eigenvalue weighted by molar-refractivity contribution is -0.140. The molecule has 1 aliphatic rings. The number of methoxy groups -OCH3 is 1. The maximum absolute atomic E-state index is 14.3. The van der Waals surface area contributed by atoms with Crippen molar-refractivity contribution in [2.24, 2.45) is 0 Å². The number of carbonyl (C=O) groups excluding carboxylic acids is 2. The van der Waals surface area contributed by atoms with Crippen LogP contribution in [-0.2, 0) is 26.2 Å². The van der Waals surface area contributed by atoms with Gasteiger partial charge in [0.1, 0.15) is 18.3 Å². The van der Waals surface area contributed by atoms with Gasteiger partial charge in [0.2, 0.25) is 11.8 Å². The molecule has 0 radical (unpaired) electrons. The SMILES string of the molecule is CC[C@H](C(=O)NC1CCCCC1)N(Cc1c(Cl)cccc1Cl)C(=O)CN(c1ccccc1)S(=O)(=O)c1ccc(OC)cc1. The Labute approximate surface area is 264 Å². The van der Waals surface area contributed by atoms with Crippen LogP contribution < -0.4 is 14.4 Å². The molecule has 2 amide bonds. The number of halogens is 2. The molecule has 230 valence electrons. The highest BCUT2D eigenvalue weighted by Gasteiger charge is 2.35. The molecule has 1 N–H and O–H groups in total. The Morgan fingerprint density at radius 2 is 1.56 bits per heavy atom. The van der Waals surface area contributed by atoms with Crippen LogP contribution in [0.25, 0.3) is 0 Å². The fourth-order valence-electron chi connectivity index (χ4n) is 5.32. The Kier molecular flexibility index (Phi) is 11.3. The van der Waals surface area contributed by atoms with Gasteiger partial charge in [0, 0.05) is 28.2 Å². The molecule has 3 aromatic carbocycles. The number of carbonyl (C=O) groups is 2. The summed E-state index contributed by atoms with van der Waals surface area (Å²) in [6, 6.07) is 18.6. The Morgan fingerprint density at radius 1 is 0.930 bits per heavy atom. The molecule has 3 aromatic rings. The third-order valence-electron chi connectivity index (χ3n) is 7.70. The third-order valence-corrected chi connectivity index (χ3v) is 10.2. The summed E-state index contributed by atoms with van der Waals surface area (Å²) in [5.41, 5.74) is 0.787. The average molecular weight is 647 g/mol. The van der Waals surface area contributed by atoms with Crippen molar-refractivity contribution in [3.8, 4) is 5.75 Å². The maximum atomic E-state index is 14.3. The van der Waals surface area contributed by atoms with Gasteiger partial charge >= 0.3 is 0 Å². The molecular weight excluding hydrogens is 609 g/mol. The van der Waals surface area contributed by atoms with E-state index in [-0.39, 0.29) is 23.4 Å². The van der Waals surface area contributed by atoms with Crippen molar-refractivity contribution < 1.29 is 22.7 Å². The molecule has 1 saturated carbocycles. The summed E-state index contributed by atoms with van der Waals surface area (Å²) in [4.78, 5) is 29.3. The molecule has 1 aliphatic carbocycles. The summed E-state index contributed by atoms with van der Waals surface area (Å²) in [5.74, 6) is -0.350. The van der Waals surface area contributed by atoms with Crippen LogP contribution in [0.1, 0.15) is 51.0 Å². The van der Waals surface area contributed by atoms with Gasteiger partial charge in [-0.25, -0.2) is 8.42 Å². The van der Waals surface area contributed by atoms with Crippen molar-refractivity contribution in [2.45, 2.75) is 69.0 Å². The number of nitrogens with one attached hydrogen (secondary N) is 1. The summed E-state index contributed by atoms with van der Waals surface area (Å²) < 4.78 is 34.2. The van der Waals surface area contributed by atoms with Gasteiger partial charge in [0.25, 0.3) is 10.0 Å². The predicted molar refractivity (Wildman–Crippen MR) is 170 cm³/mol. The highest BCUT2D eigenvalue weighted by Crippen LogP contribution is 2.29. The van der Waals surface area contributed by atoms with E-state index in [1.807, 2.05) is 6.92 Å². The quantitative estimate of drug-likeness (QED) is 0.244. The largest absolute Gasteiger partial charge is 0.497 e. The van der Waals surface area contributed by atoms with E-state index in [1.54, 1.807) is 60.7 Å². The second-order valence-corrected chi connectivity index (χ2v) is 13.2. The molecule has 8 nitrogen and oxygen atoms in total. The highest BCUT2D eigenvalue weighted by atomic mass is 35.5. The lowest BCUT2D eigenvalue weighted by atomic mass is 9.95. The number of ether oxygens (including phenoxy) is 1. The highest BCUT2D eigenvalue weighted by molar-refractivity contribution is 7.92. The van der Waals surface area contributed by atoms with Crippen LogP contribution in [0, 0.1) is 0 Å². The molecule has 0 unspecified atom stereocenters. The van der Waals surface area contributed by atoms with E-state index >= 15 is 0 Å². The van der Waals surface area contributed by atoms with Crippen molar-refractivity contribution in [3.05, 3.63) is 88.4 Å². The minimum atomic E-state index is -4.19. The normalized spacial score (nSPS) is 14.5. The molecule has 4 rings (SSSR count). The smallest absolute Gasteiger partial charge is 0.264 e. The van der Waals surface area contributed by atoms with Crippen molar-refractivity contribution >= 4 is 50.7 Å². The van der Waals surface area contributed by atoms with E-state index in [9.17, 15) is 18.0 Å². The summed E-state index contributed by atoms with van der Waals surface area (Å²) in [6.07, 6.45) is 5.28. The number of anilines is 1. The second-order valence-electron chi connectivity index (χ2n) is 10.5. The molecule has 0 aliphatic heterocycles. The van der Waals surface area contributed by atoms with Gasteiger partial charge < -0.3 is 15.0 Å².